The van der Waals surface area contributed by atoms with Crippen LogP contribution in [0, 0.1) is 12.8 Å². The summed E-state index contributed by atoms with van der Waals surface area (Å²) in [6.07, 6.45) is 3.40. The highest BCUT2D eigenvalue weighted by Crippen LogP contribution is 2.28. The number of aliphatic hydroxyl groups excluding tert-OH is 1. The van der Waals surface area contributed by atoms with E-state index >= 15 is 0 Å². The second kappa shape index (κ2) is 6.71. The lowest BCUT2D eigenvalue weighted by atomic mass is 9.98. The third-order valence-electron chi connectivity index (χ3n) is 4.15. The Morgan fingerprint density at radius 1 is 1.47 bits per heavy atom. The quantitative estimate of drug-likeness (QED) is 0.777. The summed E-state index contributed by atoms with van der Waals surface area (Å²) < 4.78 is 0. The van der Waals surface area contributed by atoms with Crippen LogP contribution in [0.4, 0.5) is 0 Å². The minimum atomic E-state index is 0.134. The van der Waals surface area contributed by atoms with E-state index < -0.39 is 0 Å². The van der Waals surface area contributed by atoms with E-state index in [0.29, 0.717) is 18.5 Å². The molecular formula is C15H23ClN2O. The molecule has 0 bridgehead atoms. The van der Waals surface area contributed by atoms with Gasteiger partial charge in [-0.3, -0.25) is 0 Å². The average Bonchev–Trinajstić information content (AvgIpc) is 2.84. The van der Waals surface area contributed by atoms with E-state index in [9.17, 15) is 5.11 Å². The Kier molecular flexibility index (Phi) is 5.22. The molecule has 0 heterocycles. The summed E-state index contributed by atoms with van der Waals surface area (Å²) >= 11 is 6.00. The Morgan fingerprint density at radius 2 is 2.26 bits per heavy atom. The van der Waals surface area contributed by atoms with Crippen LogP contribution < -0.4 is 11.1 Å². The summed E-state index contributed by atoms with van der Waals surface area (Å²) in [4.78, 5) is 0. The molecule has 3 atom stereocenters. The van der Waals surface area contributed by atoms with Gasteiger partial charge in [0.2, 0.25) is 0 Å². The van der Waals surface area contributed by atoms with Gasteiger partial charge in [0.25, 0.3) is 0 Å². The van der Waals surface area contributed by atoms with Crippen molar-refractivity contribution in [3.63, 3.8) is 0 Å². The third kappa shape index (κ3) is 3.48. The van der Waals surface area contributed by atoms with Gasteiger partial charge in [0, 0.05) is 30.3 Å². The highest BCUT2D eigenvalue weighted by molar-refractivity contribution is 6.30. The molecule has 1 aliphatic carbocycles. The lowest BCUT2D eigenvalue weighted by Gasteiger charge is -2.27. The summed E-state index contributed by atoms with van der Waals surface area (Å²) in [5.41, 5.74) is 8.28. The molecular weight excluding hydrogens is 260 g/mol. The monoisotopic (exact) mass is 282 g/mol. The molecule has 0 aliphatic heterocycles. The predicted octanol–water partition coefficient (Wildman–Crippen LogP) is 2.40. The zero-order chi connectivity index (χ0) is 13.8. The summed E-state index contributed by atoms with van der Waals surface area (Å²) in [5, 5.41) is 13.8. The van der Waals surface area contributed by atoms with Gasteiger partial charge in [0.05, 0.1) is 0 Å². The first-order chi connectivity index (χ1) is 9.15. The van der Waals surface area contributed by atoms with Crippen molar-refractivity contribution in [2.24, 2.45) is 11.7 Å². The van der Waals surface area contributed by atoms with Crippen molar-refractivity contribution in [2.45, 2.75) is 38.3 Å². The molecule has 4 heteroatoms. The Hall–Kier alpha value is -0.610. The SMILES string of the molecule is Cc1cc(Cl)ccc1C(CN)NC1CCCC1CO. The zero-order valence-electron chi connectivity index (χ0n) is 11.4. The molecule has 0 aromatic heterocycles. The van der Waals surface area contributed by atoms with E-state index in [2.05, 4.69) is 12.2 Å². The number of hydrogen-bond donors (Lipinski definition) is 3. The van der Waals surface area contributed by atoms with Gasteiger partial charge in [-0.15, -0.1) is 0 Å². The Morgan fingerprint density at radius 3 is 2.89 bits per heavy atom. The first-order valence-electron chi connectivity index (χ1n) is 6.98. The molecule has 3 unspecified atom stereocenters. The van der Waals surface area contributed by atoms with Crippen LogP contribution in [-0.4, -0.2) is 24.3 Å². The maximum atomic E-state index is 9.39. The molecule has 0 saturated heterocycles. The molecule has 1 saturated carbocycles. The standard InChI is InChI=1S/C15H23ClN2O/c1-10-7-12(16)5-6-13(10)15(8-17)18-14-4-2-3-11(14)9-19/h5-7,11,14-15,18-19H,2-4,8-9,17H2,1H3. The van der Waals surface area contributed by atoms with Crippen LogP contribution in [0.15, 0.2) is 18.2 Å². The Bertz CT molecular complexity index is 425. The highest BCUT2D eigenvalue weighted by Gasteiger charge is 2.28. The minimum absolute atomic E-state index is 0.134. The number of aryl methyl sites for hydroxylation is 1. The molecule has 1 fully saturated rings. The van der Waals surface area contributed by atoms with Crippen molar-refractivity contribution in [2.75, 3.05) is 13.2 Å². The molecule has 0 spiro atoms. The van der Waals surface area contributed by atoms with Crippen LogP contribution in [0.1, 0.15) is 36.4 Å². The van der Waals surface area contributed by atoms with E-state index in [4.69, 9.17) is 17.3 Å². The van der Waals surface area contributed by atoms with Crippen molar-refractivity contribution in [3.8, 4) is 0 Å². The minimum Gasteiger partial charge on any atom is -0.396 e. The number of hydrogen-bond acceptors (Lipinski definition) is 3. The Labute approximate surface area is 120 Å². The number of rotatable bonds is 5. The van der Waals surface area contributed by atoms with Gasteiger partial charge in [-0.05, 0) is 48.9 Å². The van der Waals surface area contributed by atoms with E-state index in [1.54, 1.807) is 0 Å². The maximum Gasteiger partial charge on any atom is 0.0474 e. The molecule has 0 radical (unpaired) electrons. The highest BCUT2D eigenvalue weighted by atomic mass is 35.5. The van der Waals surface area contributed by atoms with Gasteiger partial charge >= 0.3 is 0 Å². The van der Waals surface area contributed by atoms with Crippen molar-refractivity contribution in [3.05, 3.63) is 34.3 Å². The number of nitrogens with two attached hydrogens (primary N) is 1. The van der Waals surface area contributed by atoms with Gasteiger partial charge in [0.1, 0.15) is 0 Å². The number of halogens is 1. The number of aliphatic hydroxyl groups is 1. The fourth-order valence-corrected chi connectivity index (χ4v) is 3.27. The summed E-state index contributed by atoms with van der Waals surface area (Å²) in [6.45, 7) is 2.87. The average molecular weight is 283 g/mol. The zero-order valence-corrected chi connectivity index (χ0v) is 12.2. The molecule has 2 rings (SSSR count). The summed E-state index contributed by atoms with van der Waals surface area (Å²) in [7, 11) is 0. The van der Waals surface area contributed by atoms with Crippen molar-refractivity contribution in [1.29, 1.82) is 0 Å². The lowest BCUT2D eigenvalue weighted by molar-refractivity contribution is 0.199. The van der Waals surface area contributed by atoms with Gasteiger partial charge < -0.3 is 16.2 Å². The second-order valence-corrected chi connectivity index (χ2v) is 5.87. The molecule has 106 valence electrons. The van der Waals surface area contributed by atoms with Crippen LogP contribution in [0.3, 0.4) is 0 Å². The number of benzene rings is 1. The predicted molar refractivity (Wildman–Crippen MR) is 79.3 cm³/mol. The first kappa shape index (κ1) is 14.8. The van der Waals surface area contributed by atoms with E-state index in [0.717, 1.165) is 23.4 Å². The smallest absolute Gasteiger partial charge is 0.0474 e. The maximum absolute atomic E-state index is 9.39. The fraction of sp³-hybridized carbons (Fsp3) is 0.600. The van der Waals surface area contributed by atoms with Crippen LogP contribution in [0.25, 0.3) is 0 Å². The molecule has 1 aromatic rings. The molecule has 3 nitrogen and oxygen atoms in total. The van der Waals surface area contributed by atoms with Gasteiger partial charge in [-0.1, -0.05) is 24.1 Å². The molecule has 19 heavy (non-hydrogen) atoms. The van der Waals surface area contributed by atoms with Crippen LogP contribution >= 0.6 is 11.6 Å². The Balaban J connectivity index is 2.11. The van der Waals surface area contributed by atoms with Crippen molar-refractivity contribution in [1.82, 2.24) is 5.32 Å². The molecule has 1 aliphatic rings. The summed E-state index contributed by atoms with van der Waals surface area (Å²) in [6, 6.07) is 6.43. The first-order valence-corrected chi connectivity index (χ1v) is 7.36. The second-order valence-electron chi connectivity index (χ2n) is 5.44. The third-order valence-corrected chi connectivity index (χ3v) is 4.39. The molecule has 4 N–H and O–H groups in total. The van der Waals surface area contributed by atoms with Crippen LogP contribution in [-0.2, 0) is 0 Å². The van der Waals surface area contributed by atoms with E-state index in [-0.39, 0.29) is 12.6 Å². The summed E-state index contributed by atoms with van der Waals surface area (Å²) in [5.74, 6) is 0.363. The van der Waals surface area contributed by atoms with Gasteiger partial charge in [0.15, 0.2) is 0 Å². The van der Waals surface area contributed by atoms with Crippen molar-refractivity contribution < 1.29 is 5.11 Å². The topological polar surface area (TPSA) is 58.3 Å². The van der Waals surface area contributed by atoms with Crippen LogP contribution in [0.5, 0.6) is 0 Å². The van der Waals surface area contributed by atoms with Crippen LogP contribution in [0.2, 0.25) is 5.02 Å². The van der Waals surface area contributed by atoms with Crippen molar-refractivity contribution >= 4 is 11.6 Å². The number of nitrogens with one attached hydrogen (secondary N) is 1. The normalized spacial score (nSPS) is 24.6. The van der Waals surface area contributed by atoms with Gasteiger partial charge in [-0.25, -0.2) is 0 Å². The van der Waals surface area contributed by atoms with E-state index in [1.165, 1.54) is 12.0 Å². The van der Waals surface area contributed by atoms with E-state index in [1.807, 2.05) is 18.2 Å². The lowest BCUT2D eigenvalue weighted by Crippen LogP contribution is -2.40. The van der Waals surface area contributed by atoms with Gasteiger partial charge in [-0.2, -0.15) is 0 Å². The molecule has 1 aromatic carbocycles. The largest absolute Gasteiger partial charge is 0.396 e. The molecule has 0 amide bonds. The fourth-order valence-electron chi connectivity index (χ4n) is 3.05.